The summed E-state index contributed by atoms with van der Waals surface area (Å²) in [6.07, 6.45) is 0. The fourth-order valence-corrected chi connectivity index (χ4v) is 3.30. The summed E-state index contributed by atoms with van der Waals surface area (Å²) in [7, 11) is 0. The number of hydrogen-bond acceptors (Lipinski definition) is 4. The molecule has 0 amide bonds. The fraction of sp³-hybridized carbons (Fsp3) is 0.474. The average Bonchev–Trinajstić information content (AvgIpc) is 2.99. The van der Waals surface area contributed by atoms with Gasteiger partial charge in [0, 0.05) is 43.5 Å². The Balaban J connectivity index is 1.80. The molecule has 1 N–H and O–H groups in total. The van der Waals surface area contributed by atoms with Gasteiger partial charge in [-0.15, -0.1) is 0 Å². The lowest BCUT2D eigenvalue weighted by Gasteiger charge is -2.38. The molecule has 5 nitrogen and oxygen atoms in total. The highest BCUT2D eigenvalue weighted by Crippen LogP contribution is 2.26. The topological polar surface area (TPSA) is 59.0 Å². The normalized spacial score (nSPS) is 17.8. The Morgan fingerprint density at radius 2 is 1.71 bits per heavy atom. The van der Waals surface area contributed by atoms with Crippen LogP contribution in [0, 0.1) is 18.3 Å². The molecule has 24 heavy (non-hydrogen) atoms. The van der Waals surface area contributed by atoms with Crippen molar-refractivity contribution >= 4 is 0 Å². The Labute approximate surface area is 143 Å². The molecule has 1 fully saturated rings. The standard InChI is InChI=1S/C19H25N5/c1-14(2)23-9-11-24(12-10-23)17(13-20)18-15(3)21-19(22-18)16-7-5-4-6-8-16/h4-8,14,17H,9-12H2,1-3H3,(H,21,22). The summed E-state index contributed by atoms with van der Waals surface area (Å²) in [5.74, 6) is 0.837. The van der Waals surface area contributed by atoms with Gasteiger partial charge in [0.25, 0.3) is 0 Å². The molecule has 3 rings (SSSR count). The minimum atomic E-state index is -0.284. The summed E-state index contributed by atoms with van der Waals surface area (Å²) >= 11 is 0. The maximum atomic E-state index is 9.75. The largest absolute Gasteiger partial charge is 0.342 e. The molecule has 5 heteroatoms. The van der Waals surface area contributed by atoms with Gasteiger partial charge in [-0.05, 0) is 20.8 Å². The zero-order valence-electron chi connectivity index (χ0n) is 14.7. The van der Waals surface area contributed by atoms with Crippen molar-refractivity contribution < 1.29 is 0 Å². The first kappa shape index (κ1) is 16.7. The van der Waals surface area contributed by atoms with Crippen LogP contribution in [-0.4, -0.2) is 52.0 Å². The number of rotatable bonds is 4. The quantitative estimate of drug-likeness (QED) is 0.940. The third kappa shape index (κ3) is 3.35. The van der Waals surface area contributed by atoms with Crippen LogP contribution in [0.2, 0.25) is 0 Å². The van der Waals surface area contributed by atoms with Gasteiger partial charge in [-0.1, -0.05) is 30.3 Å². The number of aryl methyl sites for hydroxylation is 1. The van der Waals surface area contributed by atoms with E-state index in [4.69, 9.17) is 4.98 Å². The predicted molar refractivity (Wildman–Crippen MR) is 95.4 cm³/mol. The lowest BCUT2D eigenvalue weighted by atomic mass is 10.1. The van der Waals surface area contributed by atoms with Gasteiger partial charge in [-0.25, -0.2) is 4.98 Å². The average molecular weight is 323 g/mol. The van der Waals surface area contributed by atoms with Gasteiger partial charge in [0.2, 0.25) is 0 Å². The number of aromatic nitrogens is 2. The Morgan fingerprint density at radius 3 is 2.29 bits per heavy atom. The number of hydrogen-bond donors (Lipinski definition) is 1. The Kier molecular flexibility index (Phi) is 4.98. The number of nitrogens with zero attached hydrogens (tertiary/aromatic N) is 4. The molecular weight excluding hydrogens is 298 g/mol. The molecule has 1 aromatic carbocycles. The van der Waals surface area contributed by atoms with Gasteiger partial charge in [0.05, 0.1) is 11.8 Å². The predicted octanol–water partition coefficient (Wildman–Crippen LogP) is 2.98. The first-order valence-corrected chi connectivity index (χ1v) is 8.59. The number of H-pyrrole nitrogens is 1. The molecule has 1 atom stereocenters. The molecule has 0 spiro atoms. The van der Waals surface area contributed by atoms with Crippen molar-refractivity contribution in [3.05, 3.63) is 41.7 Å². The lowest BCUT2D eigenvalue weighted by Crippen LogP contribution is -2.49. The summed E-state index contributed by atoms with van der Waals surface area (Å²) in [4.78, 5) is 12.8. The van der Waals surface area contributed by atoms with Crippen molar-refractivity contribution in [2.45, 2.75) is 32.9 Å². The summed E-state index contributed by atoms with van der Waals surface area (Å²) < 4.78 is 0. The minimum absolute atomic E-state index is 0.284. The molecule has 0 radical (unpaired) electrons. The highest BCUT2D eigenvalue weighted by molar-refractivity contribution is 5.56. The van der Waals surface area contributed by atoms with E-state index in [0.717, 1.165) is 49.0 Å². The number of nitriles is 1. The van der Waals surface area contributed by atoms with Crippen molar-refractivity contribution in [1.82, 2.24) is 19.8 Å². The monoisotopic (exact) mass is 323 g/mol. The van der Waals surface area contributed by atoms with E-state index in [1.165, 1.54) is 0 Å². The van der Waals surface area contributed by atoms with Crippen LogP contribution in [0.5, 0.6) is 0 Å². The number of benzene rings is 1. The Hall–Kier alpha value is -2.16. The second-order valence-corrected chi connectivity index (χ2v) is 6.66. The third-order valence-corrected chi connectivity index (χ3v) is 4.80. The number of imidazole rings is 1. The molecule has 0 saturated carbocycles. The van der Waals surface area contributed by atoms with Crippen LogP contribution in [0.25, 0.3) is 11.4 Å². The van der Waals surface area contributed by atoms with E-state index >= 15 is 0 Å². The van der Waals surface area contributed by atoms with Gasteiger partial charge in [0.1, 0.15) is 11.9 Å². The number of aromatic amines is 1. The molecule has 2 aromatic rings. The number of piperazine rings is 1. The zero-order valence-corrected chi connectivity index (χ0v) is 14.7. The maximum absolute atomic E-state index is 9.75. The van der Waals surface area contributed by atoms with E-state index in [9.17, 15) is 5.26 Å². The van der Waals surface area contributed by atoms with Gasteiger partial charge in [-0.3, -0.25) is 9.80 Å². The van der Waals surface area contributed by atoms with Crippen molar-refractivity contribution in [3.8, 4) is 17.5 Å². The summed E-state index contributed by atoms with van der Waals surface area (Å²) in [5.41, 5.74) is 2.88. The first-order chi connectivity index (χ1) is 11.6. The SMILES string of the molecule is Cc1[nH]c(-c2ccccc2)nc1C(C#N)N1CCN(C(C)C)CC1. The van der Waals surface area contributed by atoms with Crippen LogP contribution < -0.4 is 0 Å². The van der Waals surface area contributed by atoms with E-state index in [0.29, 0.717) is 6.04 Å². The van der Waals surface area contributed by atoms with Gasteiger partial charge < -0.3 is 4.98 Å². The molecule has 1 saturated heterocycles. The second kappa shape index (κ2) is 7.16. The molecule has 1 aliphatic rings. The lowest BCUT2D eigenvalue weighted by molar-refractivity contribution is 0.0921. The van der Waals surface area contributed by atoms with Crippen molar-refractivity contribution in [1.29, 1.82) is 5.26 Å². The van der Waals surface area contributed by atoms with E-state index < -0.39 is 0 Å². The van der Waals surface area contributed by atoms with Crippen molar-refractivity contribution in [2.24, 2.45) is 0 Å². The molecular formula is C19H25N5. The summed E-state index contributed by atoms with van der Waals surface area (Å²) in [5, 5.41) is 9.75. The molecule has 0 aliphatic carbocycles. The molecule has 1 aliphatic heterocycles. The van der Waals surface area contributed by atoms with Gasteiger partial charge in [0.15, 0.2) is 0 Å². The van der Waals surface area contributed by atoms with E-state index in [2.05, 4.69) is 34.7 Å². The van der Waals surface area contributed by atoms with Crippen molar-refractivity contribution in [2.75, 3.05) is 26.2 Å². The van der Waals surface area contributed by atoms with Crippen LogP contribution in [-0.2, 0) is 0 Å². The second-order valence-electron chi connectivity index (χ2n) is 6.66. The maximum Gasteiger partial charge on any atom is 0.142 e. The van der Waals surface area contributed by atoms with Crippen LogP contribution in [0.3, 0.4) is 0 Å². The van der Waals surface area contributed by atoms with Crippen LogP contribution >= 0.6 is 0 Å². The van der Waals surface area contributed by atoms with Crippen molar-refractivity contribution in [3.63, 3.8) is 0 Å². The summed E-state index contributed by atoms with van der Waals surface area (Å²) in [6, 6.07) is 12.8. The minimum Gasteiger partial charge on any atom is -0.342 e. The third-order valence-electron chi connectivity index (χ3n) is 4.80. The zero-order chi connectivity index (χ0) is 17.1. The fourth-order valence-electron chi connectivity index (χ4n) is 3.30. The van der Waals surface area contributed by atoms with Crippen LogP contribution in [0.15, 0.2) is 30.3 Å². The van der Waals surface area contributed by atoms with E-state index in [1.54, 1.807) is 0 Å². The van der Waals surface area contributed by atoms with Gasteiger partial charge in [-0.2, -0.15) is 5.26 Å². The summed E-state index contributed by atoms with van der Waals surface area (Å²) in [6.45, 7) is 10.3. The van der Waals surface area contributed by atoms with Crippen LogP contribution in [0.1, 0.15) is 31.3 Å². The first-order valence-electron chi connectivity index (χ1n) is 8.59. The van der Waals surface area contributed by atoms with E-state index in [-0.39, 0.29) is 6.04 Å². The Morgan fingerprint density at radius 1 is 1.08 bits per heavy atom. The highest BCUT2D eigenvalue weighted by atomic mass is 15.3. The Bertz CT molecular complexity index is 705. The molecule has 1 aromatic heterocycles. The smallest absolute Gasteiger partial charge is 0.142 e. The molecule has 126 valence electrons. The van der Waals surface area contributed by atoms with Gasteiger partial charge >= 0.3 is 0 Å². The van der Waals surface area contributed by atoms with Crippen LogP contribution in [0.4, 0.5) is 0 Å². The molecule has 0 bridgehead atoms. The molecule has 2 heterocycles. The highest BCUT2D eigenvalue weighted by Gasteiger charge is 2.28. The molecule has 1 unspecified atom stereocenters. The van der Waals surface area contributed by atoms with E-state index in [1.807, 2.05) is 37.3 Å². The number of nitrogens with one attached hydrogen (secondary N) is 1.